The number of nitrogens with one attached hydrogen (secondary N) is 1. The Morgan fingerprint density at radius 1 is 1.25 bits per heavy atom. The minimum absolute atomic E-state index is 1.27. The molecule has 1 saturated heterocycles. The molecule has 0 bridgehead atoms. The zero-order chi connectivity index (χ0) is 5.98. The highest BCUT2D eigenvalue weighted by Gasteiger charge is 2.11. The standard InChI is InChI=1S/C6H14N2/c1-7-3-5-8(2)6-4-7/h3-6H2,1-2H3/p+1. The highest BCUT2D eigenvalue weighted by Crippen LogP contribution is 1.79. The van der Waals surface area contributed by atoms with Gasteiger partial charge in [-0.3, -0.25) is 4.90 Å². The summed E-state index contributed by atoms with van der Waals surface area (Å²) in [5.74, 6) is 0. The molecule has 0 aromatic carbocycles. The molecule has 0 unspecified atom stereocenters. The lowest BCUT2D eigenvalue weighted by atomic mass is 10.4. The van der Waals surface area contributed by atoms with Crippen molar-refractivity contribution >= 4 is 0 Å². The summed E-state index contributed by atoms with van der Waals surface area (Å²) in [7, 11) is 4.44. The lowest BCUT2D eigenvalue weighted by molar-refractivity contribution is -0.884. The quantitative estimate of drug-likeness (QED) is 0.401. The lowest BCUT2D eigenvalue weighted by Crippen LogP contribution is -3.11. The smallest absolute Gasteiger partial charge is 0.0898 e. The van der Waals surface area contributed by atoms with Crippen LogP contribution in [-0.2, 0) is 0 Å². The van der Waals surface area contributed by atoms with Crippen LogP contribution in [0.3, 0.4) is 0 Å². The van der Waals surface area contributed by atoms with Crippen LogP contribution in [0, 0.1) is 0 Å². The summed E-state index contributed by atoms with van der Waals surface area (Å²) in [6.45, 7) is 5.17. The van der Waals surface area contributed by atoms with Gasteiger partial charge in [0.25, 0.3) is 0 Å². The molecule has 0 aliphatic carbocycles. The van der Waals surface area contributed by atoms with Crippen LogP contribution >= 0.6 is 0 Å². The van der Waals surface area contributed by atoms with E-state index in [2.05, 4.69) is 19.0 Å². The Balaban J connectivity index is 2.19. The summed E-state index contributed by atoms with van der Waals surface area (Å²) in [4.78, 5) is 4.05. The van der Waals surface area contributed by atoms with Crippen molar-refractivity contribution in [2.24, 2.45) is 0 Å². The van der Waals surface area contributed by atoms with Gasteiger partial charge in [0.2, 0.25) is 0 Å². The molecular formula is C6H15N2+. The first-order valence-electron chi connectivity index (χ1n) is 3.29. The van der Waals surface area contributed by atoms with Crippen molar-refractivity contribution in [3.63, 3.8) is 0 Å². The first-order valence-corrected chi connectivity index (χ1v) is 3.29. The molecule has 1 fully saturated rings. The van der Waals surface area contributed by atoms with Crippen molar-refractivity contribution in [1.29, 1.82) is 0 Å². The number of hydrogen-bond donors (Lipinski definition) is 1. The fourth-order valence-electron chi connectivity index (χ4n) is 1.00. The van der Waals surface area contributed by atoms with E-state index in [0.29, 0.717) is 0 Å². The highest BCUT2D eigenvalue weighted by molar-refractivity contribution is 4.51. The second-order valence-electron chi connectivity index (χ2n) is 2.76. The molecule has 48 valence electrons. The molecule has 0 amide bonds. The molecule has 1 rings (SSSR count). The molecule has 0 spiro atoms. The Morgan fingerprint density at radius 2 is 1.75 bits per heavy atom. The molecule has 1 aliphatic heterocycles. The van der Waals surface area contributed by atoms with Crippen LogP contribution in [0.4, 0.5) is 0 Å². The van der Waals surface area contributed by atoms with Crippen molar-refractivity contribution in [3.05, 3.63) is 0 Å². The molecule has 0 saturated carbocycles. The van der Waals surface area contributed by atoms with Gasteiger partial charge in [-0.25, -0.2) is 0 Å². The van der Waals surface area contributed by atoms with Gasteiger partial charge in [0.05, 0.1) is 20.1 Å². The minimum Gasteiger partial charge on any atom is -0.335 e. The van der Waals surface area contributed by atoms with Crippen LogP contribution in [0.15, 0.2) is 0 Å². The lowest BCUT2D eigenvalue weighted by Gasteiger charge is -2.26. The van der Waals surface area contributed by atoms with Crippen LogP contribution < -0.4 is 4.90 Å². The van der Waals surface area contributed by atoms with Gasteiger partial charge >= 0.3 is 0 Å². The van der Waals surface area contributed by atoms with E-state index in [1.807, 2.05) is 0 Å². The molecule has 8 heavy (non-hydrogen) atoms. The maximum atomic E-state index is 2.38. The van der Waals surface area contributed by atoms with E-state index < -0.39 is 0 Å². The predicted octanol–water partition coefficient (Wildman–Crippen LogP) is -1.55. The number of hydrogen-bond acceptors (Lipinski definition) is 1. The molecular weight excluding hydrogens is 100 g/mol. The summed E-state index contributed by atoms with van der Waals surface area (Å²) in [5, 5.41) is 0. The van der Waals surface area contributed by atoms with Crippen LogP contribution in [0.2, 0.25) is 0 Å². The van der Waals surface area contributed by atoms with E-state index in [9.17, 15) is 0 Å². The molecule has 2 heteroatoms. The summed E-state index contributed by atoms with van der Waals surface area (Å²) in [6.07, 6.45) is 0. The number of piperazine rings is 1. The van der Waals surface area contributed by atoms with E-state index in [1.165, 1.54) is 26.2 Å². The second kappa shape index (κ2) is 2.46. The number of rotatable bonds is 0. The Hall–Kier alpha value is -0.0800. The second-order valence-corrected chi connectivity index (χ2v) is 2.76. The fourth-order valence-corrected chi connectivity index (χ4v) is 1.00. The van der Waals surface area contributed by atoms with E-state index in [4.69, 9.17) is 0 Å². The largest absolute Gasteiger partial charge is 0.335 e. The SMILES string of the molecule is CN1CC[NH+](C)CC1. The van der Waals surface area contributed by atoms with E-state index in [0.717, 1.165) is 0 Å². The molecule has 1 N–H and O–H groups in total. The van der Waals surface area contributed by atoms with Gasteiger partial charge in [0.1, 0.15) is 0 Å². The minimum atomic E-state index is 1.27. The maximum absolute atomic E-state index is 2.38. The first kappa shape index (κ1) is 6.05. The van der Waals surface area contributed by atoms with Crippen LogP contribution in [-0.4, -0.2) is 45.2 Å². The van der Waals surface area contributed by atoms with Crippen LogP contribution in [0.25, 0.3) is 0 Å². The summed E-state index contributed by atoms with van der Waals surface area (Å²) in [5.41, 5.74) is 0. The molecule has 0 radical (unpaired) electrons. The van der Waals surface area contributed by atoms with Crippen molar-refractivity contribution in [3.8, 4) is 0 Å². The number of nitrogens with zero attached hydrogens (tertiary/aromatic N) is 1. The van der Waals surface area contributed by atoms with Gasteiger partial charge < -0.3 is 4.90 Å². The zero-order valence-corrected chi connectivity index (χ0v) is 5.78. The normalized spacial score (nSPS) is 26.2. The monoisotopic (exact) mass is 115 g/mol. The molecule has 0 aromatic heterocycles. The van der Waals surface area contributed by atoms with Gasteiger partial charge in [-0.1, -0.05) is 0 Å². The van der Waals surface area contributed by atoms with Crippen LogP contribution in [0.1, 0.15) is 0 Å². The Labute approximate surface area is 51.1 Å². The Morgan fingerprint density at radius 3 is 2.12 bits per heavy atom. The van der Waals surface area contributed by atoms with Crippen molar-refractivity contribution in [2.45, 2.75) is 0 Å². The van der Waals surface area contributed by atoms with Gasteiger partial charge in [0, 0.05) is 13.1 Å². The van der Waals surface area contributed by atoms with E-state index in [1.54, 1.807) is 4.90 Å². The third-order valence-corrected chi connectivity index (χ3v) is 1.84. The Kier molecular flexibility index (Phi) is 1.86. The maximum Gasteiger partial charge on any atom is 0.0898 e. The summed E-state index contributed by atoms with van der Waals surface area (Å²) in [6, 6.07) is 0. The fraction of sp³-hybridized carbons (Fsp3) is 1.00. The zero-order valence-electron chi connectivity index (χ0n) is 5.78. The molecule has 0 aromatic rings. The summed E-state index contributed by atoms with van der Waals surface area (Å²) < 4.78 is 0. The number of likely N-dealkylation sites (N-methyl/N-ethyl adjacent to an activating group) is 2. The van der Waals surface area contributed by atoms with Gasteiger partial charge in [-0.15, -0.1) is 0 Å². The van der Waals surface area contributed by atoms with Crippen molar-refractivity contribution in [1.82, 2.24) is 4.90 Å². The highest BCUT2D eigenvalue weighted by atomic mass is 15.2. The molecule has 1 aliphatic rings. The first-order chi connectivity index (χ1) is 3.79. The topological polar surface area (TPSA) is 7.68 Å². The van der Waals surface area contributed by atoms with Crippen molar-refractivity contribution < 1.29 is 4.90 Å². The average molecular weight is 115 g/mol. The number of quaternary nitrogens is 1. The molecule has 2 nitrogen and oxygen atoms in total. The Bertz CT molecular complexity index is 54.9. The van der Waals surface area contributed by atoms with Crippen LogP contribution in [0.5, 0.6) is 0 Å². The van der Waals surface area contributed by atoms with Gasteiger partial charge in [-0.2, -0.15) is 0 Å². The van der Waals surface area contributed by atoms with Gasteiger partial charge in [-0.05, 0) is 7.05 Å². The van der Waals surface area contributed by atoms with E-state index in [-0.39, 0.29) is 0 Å². The third-order valence-electron chi connectivity index (χ3n) is 1.84. The molecule has 1 heterocycles. The third kappa shape index (κ3) is 1.46. The van der Waals surface area contributed by atoms with Gasteiger partial charge in [0.15, 0.2) is 0 Å². The summed E-state index contributed by atoms with van der Waals surface area (Å²) >= 11 is 0. The van der Waals surface area contributed by atoms with Crippen molar-refractivity contribution in [2.75, 3.05) is 40.3 Å². The molecule has 0 atom stereocenters. The predicted molar refractivity (Wildman–Crippen MR) is 34.1 cm³/mol. The average Bonchev–Trinajstić information content (AvgIpc) is 1.77. The van der Waals surface area contributed by atoms with E-state index >= 15 is 0 Å².